The second-order valence-electron chi connectivity index (χ2n) is 4.89. The van der Waals surface area contributed by atoms with Crippen molar-refractivity contribution >= 4 is 23.2 Å². The summed E-state index contributed by atoms with van der Waals surface area (Å²) in [4.78, 5) is 0. The van der Waals surface area contributed by atoms with Crippen molar-refractivity contribution in [3.05, 3.63) is 63.1 Å². The van der Waals surface area contributed by atoms with E-state index < -0.39 is 0 Å². The second-order valence-corrected chi connectivity index (χ2v) is 5.73. The molecule has 0 amide bonds. The van der Waals surface area contributed by atoms with Gasteiger partial charge in [-0.3, -0.25) is 11.3 Å². The maximum Gasteiger partial charge on any atom is 0.121 e. The number of ether oxygens (including phenoxy) is 1. The third kappa shape index (κ3) is 3.89. The average Bonchev–Trinajstić information content (AvgIpc) is 2.48. The minimum absolute atomic E-state index is 0.0504. The lowest BCUT2D eigenvalue weighted by atomic mass is 9.97. The van der Waals surface area contributed by atoms with Gasteiger partial charge in [-0.15, -0.1) is 0 Å². The van der Waals surface area contributed by atoms with Gasteiger partial charge in [0.2, 0.25) is 0 Å². The lowest BCUT2D eigenvalue weighted by molar-refractivity contribution is 0.411. The SMILES string of the molecule is COc1ccc(C(Cc2cc(Cl)ccc2Cl)NN)cc1C. The lowest BCUT2D eigenvalue weighted by Gasteiger charge is -2.18. The Morgan fingerprint density at radius 2 is 1.95 bits per heavy atom. The van der Waals surface area contributed by atoms with Crippen molar-refractivity contribution in [3.63, 3.8) is 0 Å². The number of aryl methyl sites for hydroxylation is 1. The first-order valence-corrected chi connectivity index (χ1v) is 7.35. The molecule has 3 nitrogen and oxygen atoms in total. The largest absolute Gasteiger partial charge is 0.496 e. The van der Waals surface area contributed by atoms with E-state index in [1.807, 2.05) is 25.1 Å². The van der Waals surface area contributed by atoms with Crippen molar-refractivity contribution < 1.29 is 4.74 Å². The molecule has 3 N–H and O–H groups in total. The smallest absolute Gasteiger partial charge is 0.121 e. The molecule has 0 saturated carbocycles. The number of nitrogens with two attached hydrogens (primary N) is 1. The highest BCUT2D eigenvalue weighted by molar-refractivity contribution is 6.33. The van der Waals surface area contributed by atoms with Crippen LogP contribution >= 0.6 is 23.2 Å². The Bertz CT molecular complexity index is 632. The highest BCUT2D eigenvalue weighted by Gasteiger charge is 2.14. The molecule has 0 saturated heterocycles. The number of halogens is 2. The second kappa shape index (κ2) is 7.14. The number of hydrogen-bond donors (Lipinski definition) is 2. The fourth-order valence-corrected chi connectivity index (χ4v) is 2.70. The van der Waals surface area contributed by atoms with Gasteiger partial charge in [-0.05, 0) is 54.3 Å². The number of benzene rings is 2. The van der Waals surface area contributed by atoms with Crippen LogP contribution in [0.15, 0.2) is 36.4 Å². The molecule has 0 radical (unpaired) electrons. The van der Waals surface area contributed by atoms with E-state index in [4.69, 9.17) is 33.8 Å². The molecule has 2 aromatic carbocycles. The molecule has 112 valence electrons. The molecule has 0 heterocycles. The molecule has 21 heavy (non-hydrogen) atoms. The van der Waals surface area contributed by atoms with E-state index in [1.165, 1.54) is 0 Å². The van der Waals surface area contributed by atoms with Crippen LogP contribution in [0.3, 0.4) is 0 Å². The maximum absolute atomic E-state index is 6.22. The van der Waals surface area contributed by atoms with E-state index in [2.05, 4.69) is 11.5 Å². The van der Waals surface area contributed by atoms with Crippen molar-refractivity contribution in [2.24, 2.45) is 5.84 Å². The van der Waals surface area contributed by atoms with E-state index >= 15 is 0 Å². The van der Waals surface area contributed by atoms with Gasteiger partial charge in [0.1, 0.15) is 5.75 Å². The zero-order valence-corrected chi connectivity index (χ0v) is 13.5. The van der Waals surface area contributed by atoms with Gasteiger partial charge in [-0.2, -0.15) is 0 Å². The number of nitrogens with one attached hydrogen (secondary N) is 1. The maximum atomic E-state index is 6.22. The first kappa shape index (κ1) is 16.1. The van der Waals surface area contributed by atoms with E-state index in [0.29, 0.717) is 16.5 Å². The standard InChI is InChI=1S/C16H18Cl2N2O/c1-10-7-11(3-6-16(10)21-2)15(20-19)9-12-8-13(17)4-5-14(12)18/h3-8,15,20H,9,19H2,1-2H3. The number of rotatable bonds is 5. The van der Waals surface area contributed by atoms with Crippen LogP contribution in [0.25, 0.3) is 0 Å². The molecule has 0 spiro atoms. The Morgan fingerprint density at radius 1 is 1.19 bits per heavy atom. The minimum atomic E-state index is -0.0504. The molecule has 0 aliphatic rings. The van der Waals surface area contributed by atoms with Crippen LogP contribution in [-0.2, 0) is 6.42 Å². The van der Waals surface area contributed by atoms with Gasteiger partial charge in [-0.1, -0.05) is 35.3 Å². The molecule has 2 rings (SSSR count). The summed E-state index contributed by atoms with van der Waals surface area (Å²) in [6.07, 6.45) is 0.654. The molecule has 0 aromatic heterocycles. The van der Waals surface area contributed by atoms with E-state index in [-0.39, 0.29) is 6.04 Å². The third-order valence-corrected chi connectivity index (χ3v) is 4.06. The van der Waals surface area contributed by atoms with Crippen molar-refractivity contribution in [1.82, 2.24) is 5.43 Å². The normalized spacial score (nSPS) is 12.2. The Hall–Kier alpha value is -1.26. The third-order valence-electron chi connectivity index (χ3n) is 3.45. The van der Waals surface area contributed by atoms with Gasteiger partial charge >= 0.3 is 0 Å². The molecular weight excluding hydrogens is 307 g/mol. The first-order chi connectivity index (χ1) is 10.0. The first-order valence-electron chi connectivity index (χ1n) is 6.59. The van der Waals surface area contributed by atoms with Gasteiger partial charge < -0.3 is 4.74 Å². The summed E-state index contributed by atoms with van der Waals surface area (Å²) in [5, 5.41) is 1.35. The topological polar surface area (TPSA) is 47.3 Å². The van der Waals surface area contributed by atoms with E-state index in [0.717, 1.165) is 22.4 Å². The van der Waals surface area contributed by atoms with Gasteiger partial charge in [0.25, 0.3) is 0 Å². The van der Waals surface area contributed by atoms with E-state index in [9.17, 15) is 0 Å². The van der Waals surface area contributed by atoms with Crippen LogP contribution < -0.4 is 16.0 Å². The molecule has 0 bridgehead atoms. The predicted molar refractivity (Wildman–Crippen MR) is 88.0 cm³/mol. The van der Waals surface area contributed by atoms with E-state index in [1.54, 1.807) is 19.2 Å². The van der Waals surface area contributed by atoms with Gasteiger partial charge in [0, 0.05) is 10.0 Å². The number of hydrogen-bond acceptors (Lipinski definition) is 3. The fourth-order valence-electron chi connectivity index (χ4n) is 2.31. The van der Waals surface area contributed by atoms with Crippen molar-refractivity contribution in [1.29, 1.82) is 0 Å². The van der Waals surface area contributed by atoms with Gasteiger partial charge in [0.05, 0.1) is 13.2 Å². The monoisotopic (exact) mass is 324 g/mol. The summed E-state index contributed by atoms with van der Waals surface area (Å²) in [7, 11) is 1.66. The summed E-state index contributed by atoms with van der Waals surface area (Å²) in [5.41, 5.74) is 5.93. The van der Waals surface area contributed by atoms with Crippen LogP contribution in [-0.4, -0.2) is 7.11 Å². The number of hydrazine groups is 1. The molecule has 5 heteroatoms. The average molecular weight is 325 g/mol. The van der Waals surface area contributed by atoms with Crippen molar-refractivity contribution in [2.75, 3.05) is 7.11 Å². The summed E-state index contributed by atoms with van der Waals surface area (Å²) >= 11 is 12.2. The summed E-state index contributed by atoms with van der Waals surface area (Å²) in [5.74, 6) is 6.56. The Kier molecular flexibility index (Phi) is 5.48. The molecule has 2 aromatic rings. The van der Waals surface area contributed by atoms with Crippen LogP contribution in [0.1, 0.15) is 22.7 Å². The van der Waals surface area contributed by atoms with Gasteiger partial charge in [-0.25, -0.2) is 0 Å². The van der Waals surface area contributed by atoms with Crippen LogP contribution in [0.2, 0.25) is 10.0 Å². The zero-order valence-electron chi connectivity index (χ0n) is 12.0. The van der Waals surface area contributed by atoms with Crippen LogP contribution in [0.5, 0.6) is 5.75 Å². The van der Waals surface area contributed by atoms with Crippen molar-refractivity contribution in [2.45, 2.75) is 19.4 Å². The molecule has 1 unspecified atom stereocenters. The molecule has 0 aliphatic heterocycles. The van der Waals surface area contributed by atoms with Crippen molar-refractivity contribution in [3.8, 4) is 5.75 Å². The van der Waals surface area contributed by atoms with Crippen LogP contribution in [0, 0.1) is 6.92 Å². The zero-order chi connectivity index (χ0) is 15.4. The summed E-state index contributed by atoms with van der Waals surface area (Å²) < 4.78 is 5.28. The highest BCUT2D eigenvalue weighted by Crippen LogP contribution is 2.28. The predicted octanol–water partition coefficient (Wildman–Crippen LogP) is 4.06. The fraction of sp³-hybridized carbons (Fsp3) is 0.250. The quantitative estimate of drug-likeness (QED) is 0.644. The Balaban J connectivity index is 2.27. The summed E-state index contributed by atoms with van der Waals surface area (Å²) in [6, 6.07) is 11.4. The number of methoxy groups -OCH3 is 1. The molecule has 1 atom stereocenters. The molecule has 0 aliphatic carbocycles. The van der Waals surface area contributed by atoms with Crippen LogP contribution in [0.4, 0.5) is 0 Å². The van der Waals surface area contributed by atoms with Gasteiger partial charge in [0.15, 0.2) is 0 Å². The highest BCUT2D eigenvalue weighted by atomic mass is 35.5. The minimum Gasteiger partial charge on any atom is -0.496 e. The lowest BCUT2D eigenvalue weighted by Crippen LogP contribution is -2.29. The molecule has 0 fully saturated rings. The Morgan fingerprint density at radius 3 is 2.57 bits per heavy atom. The Labute approximate surface area is 135 Å². The molecular formula is C16H18Cl2N2O. The summed E-state index contributed by atoms with van der Waals surface area (Å²) in [6.45, 7) is 2.00.